The van der Waals surface area contributed by atoms with Gasteiger partial charge in [-0.15, -0.1) is 11.3 Å². The number of thiophene rings is 1. The summed E-state index contributed by atoms with van der Waals surface area (Å²) in [7, 11) is 13.3. The number of nitro benzene ring substituents is 3. The number of hydrogen-bond acceptors (Lipinski definition) is 23. The lowest BCUT2D eigenvalue weighted by atomic mass is 9.84. The lowest BCUT2D eigenvalue weighted by Crippen LogP contribution is -2.53. The number of nitro groups is 3. The van der Waals surface area contributed by atoms with Crippen molar-refractivity contribution in [2.75, 3.05) is 158 Å². The standard InChI is InChI=1S/C20H22N4S.C17H25BrN2O2.C15H17BrN2.C15H19N3.C10H11BrN2O2.C10H12BrNO4.C10H14BrNO2.C7H6BrNO2.C7H8BrN/c21-20(19-2-1-11-25-19)22-16-3-4-17-15(12-16)7-10-24(17)18-13-23-8-5-14(18)6-9-23;1-21-17(22-2)10-13-9-14(18)3-4-15(13)19-16-11-20-7-5-12(16)6-8-20;2*16-13-1-2-14-12(9-13)5-8-18(14)15-10-17-6-3-11(15)4-7-17;1-12(2)6-5-8-7-9(11)3-4-10(8)13(14)15;1-15-10(16-2)6-7-5-8(11)3-4-9(7)12(13)14;1-13-10(14-2)6-7-5-8(11)3-4-9(7)12;1-5-4-6(8)2-3-7(5)9(10)11;1-5-4-6(8)2-3-7(5)9/h1-4,7,10-12,14,18H,5-6,8-9,13H2,(H2,21,22);3-4,9,12,16-17,19H,5-8,10-11H2,1-2H3;1-2,5,8-9,11,15H,3-4,6-7,10H2;1-2,5,8-9,11,15H,3-4,6-7,10,16H2;3-7H,1-2H3;3-5,10H,6H2,1-2H3;3-5,10H,6,12H2,1-2H3;2-4H,1H3;2-4H,9H2,1H3/b;;;;6-5+;;;;. The zero-order valence-electron chi connectivity index (χ0n) is 85.2. The highest BCUT2D eigenvalue weighted by Crippen LogP contribution is 2.43. The number of methoxy groups -OCH3 is 6. The predicted molar refractivity (Wildman–Crippen MR) is 624 cm³/mol. The Hall–Kier alpha value is -9.33. The number of aliphatic imine (C=N–C) groups is 1. The quantitative estimate of drug-likeness (QED) is 0.00937. The Morgan fingerprint density at radius 1 is 0.432 bits per heavy atom. The fraction of sp³-hybridized carbons (Fsp3) is 0.396. The second-order valence-corrected chi connectivity index (χ2v) is 45.7. The third-order valence-corrected chi connectivity index (χ3v) is 32.9. The van der Waals surface area contributed by atoms with Crippen molar-refractivity contribution in [3.05, 3.63) is 324 Å². The predicted octanol–water partition coefficient (Wildman–Crippen LogP) is 25.9. The van der Waals surface area contributed by atoms with Gasteiger partial charge in [-0.05, 0) is 345 Å². The van der Waals surface area contributed by atoms with Crippen molar-refractivity contribution in [3.8, 4) is 0 Å². The van der Waals surface area contributed by atoms with Crippen LogP contribution in [-0.2, 0) is 47.7 Å². The fourth-order valence-electron chi connectivity index (χ4n) is 20.5. The molecule has 9 N–H and O–H groups in total. The Kier molecular flexibility index (Phi) is 44.1. The first-order valence-electron chi connectivity index (χ1n) is 49.6. The van der Waals surface area contributed by atoms with Gasteiger partial charge >= 0.3 is 0 Å². The van der Waals surface area contributed by atoms with Crippen LogP contribution in [-0.4, -0.2) is 219 Å². The molecule has 29 nitrogen and oxygen atoms in total. The van der Waals surface area contributed by atoms with Crippen LogP contribution in [0.5, 0.6) is 0 Å². The molecule has 4 aromatic heterocycles. The Labute approximate surface area is 930 Å². The number of amidine groups is 1. The van der Waals surface area contributed by atoms with E-state index >= 15 is 0 Å². The van der Waals surface area contributed by atoms with E-state index in [-0.39, 0.29) is 39.5 Å². The van der Waals surface area contributed by atoms with E-state index in [0.29, 0.717) is 59.5 Å². The first-order valence-corrected chi connectivity index (χ1v) is 56.0. The molecule has 0 radical (unpaired) electrons. The molecule has 0 spiro atoms. The molecule has 16 heterocycles. The van der Waals surface area contributed by atoms with Gasteiger partial charge in [-0.3, -0.25) is 30.3 Å². The van der Waals surface area contributed by atoms with Crippen molar-refractivity contribution >= 4 is 213 Å². The van der Waals surface area contributed by atoms with Crippen molar-refractivity contribution in [1.29, 1.82) is 0 Å². The van der Waals surface area contributed by atoms with E-state index in [1.807, 2.05) is 85.9 Å². The van der Waals surface area contributed by atoms with Crippen LogP contribution in [0.4, 0.5) is 45.5 Å². The highest BCUT2D eigenvalue weighted by atomic mass is 79.9. The topological polar surface area (TPSA) is 344 Å². The molecule has 9 aromatic carbocycles. The molecule has 12 fully saturated rings. The van der Waals surface area contributed by atoms with Crippen LogP contribution in [0.2, 0.25) is 0 Å². The normalized spacial score (nSPS) is 20.6. The van der Waals surface area contributed by atoms with Crippen molar-refractivity contribution in [2.24, 2.45) is 34.4 Å². The maximum Gasteiger partial charge on any atom is 0.276 e. The Bertz CT molecular complexity index is 6500. The molecule has 0 aliphatic carbocycles. The Morgan fingerprint density at radius 3 is 1.26 bits per heavy atom. The van der Waals surface area contributed by atoms with Gasteiger partial charge in [-0.25, -0.2) is 4.99 Å². The van der Waals surface area contributed by atoms with E-state index < -0.39 is 11.2 Å². The number of aryl methyl sites for hydroxylation is 2. The molecule has 0 saturated carbocycles. The maximum absolute atomic E-state index is 10.8. The summed E-state index contributed by atoms with van der Waals surface area (Å²) < 4.78 is 45.3. The number of piperidine rings is 12. The highest BCUT2D eigenvalue weighted by Gasteiger charge is 2.40. The number of nitrogens with zero attached hydrogens (tertiary/aromatic N) is 12. The third kappa shape index (κ3) is 32.4. The average molecular weight is 2490 g/mol. The molecular weight excluding hydrogens is 2350 g/mol. The van der Waals surface area contributed by atoms with E-state index in [1.165, 1.54) is 204 Å². The van der Waals surface area contributed by atoms with E-state index in [1.54, 1.807) is 95.4 Å². The van der Waals surface area contributed by atoms with Gasteiger partial charge < -0.3 is 94.9 Å². The van der Waals surface area contributed by atoms with Crippen LogP contribution < -0.4 is 28.3 Å². The minimum absolute atomic E-state index is 0.0716. The van der Waals surface area contributed by atoms with Gasteiger partial charge in [0, 0.05) is 261 Å². The molecule has 13 aromatic rings. The van der Waals surface area contributed by atoms with Gasteiger partial charge in [0.2, 0.25) is 0 Å². The minimum Gasteiger partial charge on any atom is -0.399 e. The van der Waals surface area contributed by atoms with E-state index in [2.05, 4.69) is 259 Å². The molecule has 4 atom stereocenters. The van der Waals surface area contributed by atoms with Crippen LogP contribution in [0.25, 0.3) is 38.8 Å². The maximum atomic E-state index is 10.8. The largest absolute Gasteiger partial charge is 0.399 e. The molecule has 12 aliphatic heterocycles. The van der Waals surface area contributed by atoms with E-state index in [4.69, 9.17) is 51.4 Å². The summed E-state index contributed by atoms with van der Waals surface area (Å²) >= 11 is 25.3. The minimum atomic E-state index is -0.479. The smallest absolute Gasteiger partial charge is 0.276 e. The molecule has 12 saturated heterocycles. The van der Waals surface area contributed by atoms with E-state index in [9.17, 15) is 30.3 Å². The summed E-state index contributed by atoms with van der Waals surface area (Å²) in [6, 6.07) is 65.0. The van der Waals surface area contributed by atoms with Crippen molar-refractivity contribution in [2.45, 2.75) is 128 Å². The molecular formula is C111H134Br7N17O12S. The van der Waals surface area contributed by atoms with Crippen molar-refractivity contribution < 1.29 is 43.2 Å². The molecule has 4 unspecified atom stereocenters. The number of rotatable bonds is 24. The SMILES string of the molecule is Brc1ccc2c(ccn2C2CN3CCC2CC3)c1.CN(C)/C=C/c1cc(Br)ccc1[N+](=O)[O-].COC(Cc1cc(Br)ccc1N)OC.COC(Cc1cc(Br)ccc1NC1CN2CCC1CC2)OC.COC(Cc1cc(Br)ccc1[N+](=O)[O-])OC.Cc1cc(Br)ccc1N.Cc1cc(Br)ccc1[N+](=O)[O-].NC(=Nc1ccc2c(ccn2C2CN3CCC2CC3)c1)c1cccs1.Nc1ccc2c(ccn2C2CN3CCC2CC3)c1. The fourth-order valence-corrected chi connectivity index (χ4v) is 24.0. The number of anilines is 4. The second kappa shape index (κ2) is 56.3. The number of aromatic nitrogens is 3. The van der Waals surface area contributed by atoms with Crippen molar-refractivity contribution in [3.63, 3.8) is 0 Å². The lowest BCUT2D eigenvalue weighted by molar-refractivity contribution is -0.385. The molecule has 790 valence electrons. The summed E-state index contributed by atoms with van der Waals surface area (Å²) in [5.41, 5.74) is 37.5. The molecule has 8 bridgehead atoms. The highest BCUT2D eigenvalue weighted by molar-refractivity contribution is 9.11. The first-order chi connectivity index (χ1) is 71.1. The second-order valence-electron chi connectivity index (χ2n) is 38.3. The number of nitrogens with one attached hydrogen (secondary N) is 1. The number of nitrogen functional groups attached to an aromatic ring is 3. The van der Waals surface area contributed by atoms with Gasteiger partial charge in [0.05, 0.1) is 30.9 Å². The Morgan fingerprint density at radius 2 is 0.818 bits per heavy atom. The zero-order valence-corrected chi connectivity index (χ0v) is 97.1. The monoisotopic (exact) mass is 2480 g/mol. The molecule has 148 heavy (non-hydrogen) atoms. The number of nitrogens with two attached hydrogens (primary N) is 4. The van der Waals surface area contributed by atoms with Crippen LogP contribution in [0.1, 0.15) is 108 Å². The molecule has 12 aliphatic rings. The van der Waals surface area contributed by atoms with Gasteiger partial charge in [-0.2, -0.15) is 0 Å². The summed E-state index contributed by atoms with van der Waals surface area (Å²) in [4.78, 5) is 48.5. The lowest BCUT2D eigenvalue weighted by Gasteiger charge is -2.45. The molecule has 37 heteroatoms. The number of ether oxygens (including phenoxy) is 6. The summed E-state index contributed by atoms with van der Waals surface area (Å²) in [6.07, 6.45) is 21.9. The first kappa shape index (κ1) is 116. The average Bonchev–Trinajstić information content (AvgIpc) is 1.69. The van der Waals surface area contributed by atoms with Gasteiger partial charge in [-0.1, -0.05) is 118 Å². The van der Waals surface area contributed by atoms with Gasteiger partial charge in [0.1, 0.15) is 5.84 Å². The number of hydrogen-bond donors (Lipinski definition) is 5. The van der Waals surface area contributed by atoms with Crippen LogP contribution in [0.15, 0.2) is 261 Å². The number of fused-ring (bicyclic) bond motifs is 15. The number of halogens is 7. The summed E-state index contributed by atoms with van der Waals surface area (Å²) in [6.45, 7) is 18.8. The summed E-state index contributed by atoms with van der Waals surface area (Å²) in [5, 5.41) is 41.5. The van der Waals surface area contributed by atoms with E-state index in [0.717, 1.165) is 102 Å². The van der Waals surface area contributed by atoms with Gasteiger partial charge in [0.25, 0.3) is 17.1 Å². The zero-order chi connectivity index (χ0) is 106. The van der Waals surface area contributed by atoms with Crippen molar-refractivity contribution in [1.82, 2.24) is 38.2 Å². The molecule has 25 rings (SSSR count). The van der Waals surface area contributed by atoms with Crippen LogP contribution in [0.3, 0.4) is 0 Å². The van der Waals surface area contributed by atoms with Crippen LogP contribution >= 0.6 is 123 Å². The molecule has 0 amide bonds. The third-order valence-electron chi connectivity index (χ3n) is 28.6. The number of benzene rings is 9. The van der Waals surface area contributed by atoms with Gasteiger partial charge in [0.15, 0.2) is 18.9 Å². The van der Waals surface area contributed by atoms with Crippen LogP contribution in [0, 0.1) is 67.9 Å². The Balaban J connectivity index is 0.000000141. The summed E-state index contributed by atoms with van der Waals surface area (Å²) in [5.74, 6) is 3.97.